The van der Waals surface area contributed by atoms with Gasteiger partial charge in [0, 0.05) is 0 Å². The zero-order valence-electron chi connectivity index (χ0n) is 6.34. The van der Waals surface area contributed by atoms with E-state index in [1.54, 1.807) is 5.32 Å². The highest BCUT2D eigenvalue weighted by molar-refractivity contribution is 5.83. The summed E-state index contributed by atoms with van der Waals surface area (Å²) in [5.74, 6) is -2.03. The number of nitrogens with one attached hydrogen (secondary N) is 1. The Kier molecular flexibility index (Phi) is 2.32. The molecule has 0 saturated carbocycles. The number of hydrogen-bond acceptors (Lipinski definition) is 2. The third kappa shape index (κ3) is 1.84. The van der Waals surface area contributed by atoms with Crippen LogP contribution in [0, 0.1) is 11.6 Å². The number of nitrogen functional groups attached to an aromatic ring is 1. The van der Waals surface area contributed by atoms with E-state index >= 15 is 0 Å². The van der Waals surface area contributed by atoms with Crippen LogP contribution in [-0.2, 0) is 0 Å². The standard InChI is InChI=1S/C7H6F2N2O2/c8-3-1-2-4(11-7(12)13)5(9)6(3)10/h1-2,11H,10H2,(H,12,13). The normalized spacial score (nSPS) is 9.69. The summed E-state index contributed by atoms with van der Waals surface area (Å²) in [6, 6.07) is 1.83. The topological polar surface area (TPSA) is 75.3 Å². The second-order valence-electron chi connectivity index (χ2n) is 2.25. The van der Waals surface area contributed by atoms with Gasteiger partial charge in [-0.15, -0.1) is 0 Å². The van der Waals surface area contributed by atoms with E-state index in [-0.39, 0.29) is 5.69 Å². The van der Waals surface area contributed by atoms with Crippen LogP contribution in [0.1, 0.15) is 0 Å². The number of hydrogen-bond donors (Lipinski definition) is 3. The van der Waals surface area contributed by atoms with Crippen LogP contribution in [0.3, 0.4) is 0 Å². The third-order valence-electron chi connectivity index (χ3n) is 1.37. The number of nitrogens with two attached hydrogens (primary N) is 1. The average molecular weight is 188 g/mol. The summed E-state index contributed by atoms with van der Waals surface area (Å²) in [4.78, 5) is 10.1. The van der Waals surface area contributed by atoms with E-state index in [1.165, 1.54) is 0 Å². The van der Waals surface area contributed by atoms with Crippen molar-refractivity contribution in [2.75, 3.05) is 11.1 Å². The lowest BCUT2D eigenvalue weighted by molar-refractivity contribution is 0.209. The molecule has 0 spiro atoms. The molecule has 4 nitrogen and oxygen atoms in total. The van der Waals surface area contributed by atoms with Gasteiger partial charge in [-0.3, -0.25) is 5.32 Å². The number of halogens is 2. The lowest BCUT2D eigenvalue weighted by atomic mass is 10.2. The Morgan fingerprint density at radius 2 is 2.08 bits per heavy atom. The van der Waals surface area contributed by atoms with Gasteiger partial charge < -0.3 is 10.8 Å². The minimum Gasteiger partial charge on any atom is -0.465 e. The van der Waals surface area contributed by atoms with Crippen LogP contribution in [0.2, 0.25) is 0 Å². The van der Waals surface area contributed by atoms with Gasteiger partial charge in [-0.25, -0.2) is 13.6 Å². The Balaban J connectivity index is 3.10. The maximum atomic E-state index is 12.9. The maximum absolute atomic E-state index is 12.9. The molecule has 0 bridgehead atoms. The molecule has 0 aliphatic rings. The monoisotopic (exact) mass is 188 g/mol. The Morgan fingerprint density at radius 3 is 2.62 bits per heavy atom. The fourth-order valence-electron chi connectivity index (χ4n) is 0.781. The van der Waals surface area contributed by atoms with Gasteiger partial charge in [-0.05, 0) is 12.1 Å². The van der Waals surface area contributed by atoms with Crippen molar-refractivity contribution in [2.45, 2.75) is 0 Å². The van der Waals surface area contributed by atoms with Crippen molar-refractivity contribution < 1.29 is 18.7 Å². The fraction of sp³-hybridized carbons (Fsp3) is 0. The highest BCUT2D eigenvalue weighted by Gasteiger charge is 2.11. The average Bonchev–Trinajstić information content (AvgIpc) is 2.06. The molecule has 13 heavy (non-hydrogen) atoms. The van der Waals surface area contributed by atoms with Gasteiger partial charge in [0.2, 0.25) is 0 Å². The molecule has 0 fully saturated rings. The van der Waals surface area contributed by atoms with Crippen LogP contribution in [-0.4, -0.2) is 11.2 Å². The van der Waals surface area contributed by atoms with E-state index < -0.39 is 23.4 Å². The molecule has 6 heteroatoms. The molecule has 1 aromatic rings. The maximum Gasteiger partial charge on any atom is 0.409 e. The number of amides is 1. The highest BCUT2D eigenvalue weighted by atomic mass is 19.1. The predicted octanol–water partition coefficient (Wildman–Crippen LogP) is 1.64. The SMILES string of the molecule is Nc1c(F)ccc(NC(=O)O)c1F. The summed E-state index contributed by atoms with van der Waals surface area (Å²) in [5, 5.41) is 9.98. The lowest BCUT2D eigenvalue weighted by Gasteiger charge is -2.04. The van der Waals surface area contributed by atoms with Crippen LogP contribution in [0.25, 0.3) is 0 Å². The number of carbonyl (C=O) groups is 1. The van der Waals surface area contributed by atoms with Crippen molar-refractivity contribution >= 4 is 17.5 Å². The first-order valence-electron chi connectivity index (χ1n) is 3.26. The van der Waals surface area contributed by atoms with E-state index in [2.05, 4.69) is 0 Å². The van der Waals surface area contributed by atoms with Crippen LogP contribution in [0.15, 0.2) is 12.1 Å². The van der Waals surface area contributed by atoms with E-state index in [0.29, 0.717) is 0 Å². The Hall–Kier alpha value is -1.85. The Bertz CT molecular complexity index is 355. The van der Waals surface area contributed by atoms with E-state index in [9.17, 15) is 13.6 Å². The quantitative estimate of drug-likeness (QED) is 0.586. The molecule has 0 aliphatic heterocycles. The second-order valence-corrected chi connectivity index (χ2v) is 2.25. The van der Waals surface area contributed by atoms with Crippen molar-refractivity contribution in [3.05, 3.63) is 23.8 Å². The molecule has 0 radical (unpaired) electrons. The molecular weight excluding hydrogens is 182 g/mol. The predicted molar refractivity (Wildman–Crippen MR) is 42.4 cm³/mol. The summed E-state index contributed by atoms with van der Waals surface area (Å²) in [6.45, 7) is 0. The molecule has 0 saturated heterocycles. The molecule has 1 rings (SSSR count). The zero-order chi connectivity index (χ0) is 10.0. The zero-order valence-corrected chi connectivity index (χ0v) is 6.34. The minimum absolute atomic E-state index is 0.369. The molecule has 0 aliphatic carbocycles. The summed E-state index contributed by atoms with van der Waals surface area (Å²) in [6.07, 6.45) is -1.44. The first-order valence-corrected chi connectivity index (χ1v) is 3.26. The van der Waals surface area contributed by atoms with Gasteiger partial charge in [0.25, 0.3) is 0 Å². The summed E-state index contributed by atoms with van der Waals surface area (Å²) >= 11 is 0. The van der Waals surface area contributed by atoms with Crippen molar-refractivity contribution in [2.24, 2.45) is 0 Å². The fourth-order valence-corrected chi connectivity index (χ4v) is 0.781. The molecule has 0 atom stereocenters. The van der Waals surface area contributed by atoms with E-state index in [4.69, 9.17) is 10.8 Å². The van der Waals surface area contributed by atoms with Crippen molar-refractivity contribution in [3.63, 3.8) is 0 Å². The van der Waals surface area contributed by atoms with Crippen LogP contribution in [0.5, 0.6) is 0 Å². The molecule has 4 N–H and O–H groups in total. The molecule has 0 unspecified atom stereocenters. The molecule has 1 amide bonds. The van der Waals surface area contributed by atoms with Crippen molar-refractivity contribution in [1.29, 1.82) is 0 Å². The second kappa shape index (κ2) is 3.26. The largest absolute Gasteiger partial charge is 0.465 e. The van der Waals surface area contributed by atoms with Crippen LogP contribution >= 0.6 is 0 Å². The van der Waals surface area contributed by atoms with Gasteiger partial charge >= 0.3 is 6.09 Å². The lowest BCUT2D eigenvalue weighted by Crippen LogP contribution is -2.10. The van der Waals surface area contributed by atoms with E-state index in [0.717, 1.165) is 12.1 Å². The molecule has 0 heterocycles. The van der Waals surface area contributed by atoms with Crippen LogP contribution in [0.4, 0.5) is 25.0 Å². The number of anilines is 2. The highest BCUT2D eigenvalue weighted by Crippen LogP contribution is 2.22. The number of benzene rings is 1. The first kappa shape index (κ1) is 9.24. The van der Waals surface area contributed by atoms with Crippen molar-refractivity contribution in [3.8, 4) is 0 Å². The van der Waals surface area contributed by atoms with E-state index in [1.807, 2.05) is 0 Å². The van der Waals surface area contributed by atoms with Gasteiger partial charge in [0.05, 0.1) is 5.69 Å². The number of carboxylic acid groups (broad SMARTS) is 1. The molecule has 0 aromatic heterocycles. The Labute approximate surface area is 72.0 Å². The third-order valence-corrected chi connectivity index (χ3v) is 1.37. The minimum atomic E-state index is -1.44. The van der Waals surface area contributed by atoms with Crippen molar-refractivity contribution in [1.82, 2.24) is 0 Å². The van der Waals surface area contributed by atoms with Gasteiger partial charge in [-0.2, -0.15) is 0 Å². The Morgan fingerprint density at radius 1 is 1.46 bits per heavy atom. The molecule has 1 aromatic carbocycles. The summed E-state index contributed by atoms with van der Waals surface area (Å²) in [5.41, 5.74) is 3.90. The number of rotatable bonds is 1. The summed E-state index contributed by atoms with van der Waals surface area (Å²) in [7, 11) is 0. The first-order chi connectivity index (χ1) is 6.02. The van der Waals surface area contributed by atoms with Crippen LogP contribution < -0.4 is 11.1 Å². The smallest absolute Gasteiger partial charge is 0.409 e. The molecule has 70 valence electrons. The van der Waals surface area contributed by atoms with Gasteiger partial charge in [0.1, 0.15) is 11.5 Å². The summed E-state index contributed by atoms with van der Waals surface area (Å²) < 4.78 is 25.5. The van der Waals surface area contributed by atoms with Gasteiger partial charge in [-0.1, -0.05) is 0 Å². The molecular formula is C7H6F2N2O2. The van der Waals surface area contributed by atoms with Gasteiger partial charge in [0.15, 0.2) is 5.82 Å².